The Morgan fingerprint density at radius 2 is 1.82 bits per heavy atom. The summed E-state index contributed by atoms with van der Waals surface area (Å²) in [6.45, 7) is 0.0402. The van der Waals surface area contributed by atoms with Crippen molar-refractivity contribution >= 4 is 45.0 Å². The molecule has 5 rings (SSSR count). The van der Waals surface area contributed by atoms with Gasteiger partial charge < -0.3 is 22.1 Å². The van der Waals surface area contributed by atoms with Crippen molar-refractivity contribution in [3.63, 3.8) is 0 Å². The summed E-state index contributed by atoms with van der Waals surface area (Å²) in [5.41, 5.74) is 15.4. The number of benzene rings is 3. The molecule has 2 aromatic heterocycles. The lowest BCUT2D eigenvalue weighted by Crippen LogP contribution is -2.20. The fraction of sp³-hybridized carbons (Fsp3) is 0.0417. The zero-order valence-electron chi connectivity index (χ0n) is 17.4. The van der Waals surface area contributed by atoms with Gasteiger partial charge in [0.15, 0.2) is 11.5 Å². The number of amides is 2. The maximum Gasteiger partial charge on any atom is 0.323 e. The second-order valence-corrected chi connectivity index (χ2v) is 7.49. The highest BCUT2D eigenvalue weighted by atomic mass is 19.1. The average Bonchev–Trinajstić information content (AvgIpc) is 3.21. The van der Waals surface area contributed by atoms with Gasteiger partial charge in [-0.05, 0) is 46.8 Å². The van der Waals surface area contributed by atoms with Gasteiger partial charge in [0.25, 0.3) is 0 Å². The van der Waals surface area contributed by atoms with E-state index in [2.05, 4.69) is 25.8 Å². The number of carbonyl (C=O) groups is 1. The van der Waals surface area contributed by atoms with Crippen molar-refractivity contribution < 1.29 is 9.18 Å². The highest BCUT2D eigenvalue weighted by molar-refractivity contribution is 6.12. The van der Waals surface area contributed by atoms with Crippen molar-refractivity contribution in [1.82, 2.24) is 15.2 Å². The van der Waals surface area contributed by atoms with Crippen LogP contribution in [0.25, 0.3) is 32.9 Å². The van der Waals surface area contributed by atoms with Gasteiger partial charge in [-0.15, -0.1) is 0 Å². The first-order chi connectivity index (χ1) is 16.0. The summed E-state index contributed by atoms with van der Waals surface area (Å²) in [5.74, 6) is -0.0385. The Kier molecular flexibility index (Phi) is 5.08. The van der Waals surface area contributed by atoms with Gasteiger partial charge in [-0.1, -0.05) is 30.3 Å². The van der Waals surface area contributed by atoms with E-state index in [1.165, 1.54) is 18.2 Å². The van der Waals surface area contributed by atoms with E-state index >= 15 is 0 Å². The molecule has 0 saturated heterocycles. The molecule has 0 spiro atoms. The number of nitrogen functional groups attached to an aromatic ring is 1. The summed E-state index contributed by atoms with van der Waals surface area (Å²) in [6.07, 6.45) is 1.70. The number of urea groups is 1. The predicted molar refractivity (Wildman–Crippen MR) is 128 cm³/mol. The monoisotopic (exact) mass is 441 g/mol. The first-order valence-corrected chi connectivity index (χ1v) is 10.2. The molecule has 0 aliphatic rings. The van der Waals surface area contributed by atoms with Crippen LogP contribution in [0.5, 0.6) is 0 Å². The molecule has 164 valence electrons. The number of carbonyl (C=O) groups excluding carboxylic acids is 1. The molecule has 0 bridgehead atoms. The number of aromatic nitrogens is 3. The number of nitrogens with two attached hydrogens (primary N) is 2. The van der Waals surface area contributed by atoms with Crippen LogP contribution >= 0.6 is 0 Å². The molecule has 0 saturated carbocycles. The van der Waals surface area contributed by atoms with E-state index in [-0.39, 0.29) is 6.54 Å². The lowest BCUT2D eigenvalue weighted by Gasteiger charge is -2.14. The molecule has 8 nitrogen and oxygen atoms in total. The summed E-state index contributed by atoms with van der Waals surface area (Å²) < 4.78 is 13.7. The topological polar surface area (TPSA) is 135 Å². The largest absolute Gasteiger partial charge is 0.382 e. The van der Waals surface area contributed by atoms with Crippen LogP contribution in [0.1, 0.15) is 5.56 Å². The molecule has 5 aromatic rings. The van der Waals surface area contributed by atoms with E-state index in [1.807, 2.05) is 42.5 Å². The second-order valence-electron chi connectivity index (χ2n) is 7.49. The first kappa shape index (κ1) is 20.4. The summed E-state index contributed by atoms with van der Waals surface area (Å²) in [7, 11) is 0. The Labute approximate surface area is 187 Å². The maximum absolute atomic E-state index is 13.7. The van der Waals surface area contributed by atoms with Gasteiger partial charge in [-0.3, -0.25) is 5.10 Å². The highest BCUT2D eigenvalue weighted by Gasteiger charge is 2.15. The number of nitrogens with zero attached hydrogens (tertiary/aromatic N) is 2. The summed E-state index contributed by atoms with van der Waals surface area (Å²) >= 11 is 0. The van der Waals surface area contributed by atoms with E-state index in [0.717, 1.165) is 27.3 Å². The van der Waals surface area contributed by atoms with E-state index in [0.29, 0.717) is 28.4 Å². The Balaban J connectivity index is 1.51. The van der Waals surface area contributed by atoms with Gasteiger partial charge in [0, 0.05) is 29.4 Å². The van der Waals surface area contributed by atoms with Crippen LogP contribution in [-0.2, 0) is 6.54 Å². The van der Waals surface area contributed by atoms with Crippen molar-refractivity contribution in [3.8, 4) is 11.1 Å². The van der Waals surface area contributed by atoms with Gasteiger partial charge in [-0.25, -0.2) is 14.2 Å². The first-order valence-electron chi connectivity index (χ1n) is 10.2. The fourth-order valence-electron chi connectivity index (χ4n) is 3.94. The van der Waals surface area contributed by atoms with Gasteiger partial charge in [0.1, 0.15) is 5.82 Å². The van der Waals surface area contributed by atoms with E-state index in [4.69, 9.17) is 11.5 Å². The minimum Gasteiger partial charge on any atom is -0.382 e. The fourth-order valence-corrected chi connectivity index (χ4v) is 3.94. The zero-order valence-corrected chi connectivity index (χ0v) is 17.4. The van der Waals surface area contributed by atoms with Crippen LogP contribution < -0.4 is 22.1 Å². The number of H-pyrrole nitrogens is 1. The third-order valence-corrected chi connectivity index (χ3v) is 5.48. The van der Waals surface area contributed by atoms with E-state index < -0.39 is 11.8 Å². The SMILES string of the molecule is NCc1cc(NC(=O)Nc2ccc(-c3ccnc4[nH]nc(N)c34)c3ccccc23)ccc1F. The van der Waals surface area contributed by atoms with Crippen molar-refractivity contribution in [2.45, 2.75) is 6.54 Å². The zero-order chi connectivity index (χ0) is 22.9. The second kappa shape index (κ2) is 8.21. The van der Waals surface area contributed by atoms with Crippen LogP contribution in [0.2, 0.25) is 0 Å². The predicted octanol–water partition coefficient (Wildman–Crippen LogP) is 4.60. The number of rotatable bonds is 4. The van der Waals surface area contributed by atoms with Gasteiger partial charge in [0.05, 0.1) is 11.1 Å². The molecule has 0 aliphatic heterocycles. The number of aromatic amines is 1. The minimum absolute atomic E-state index is 0.0402. The number of pyridine rings is 1. The number of hydrogen-bond donors (Lipinski definition) is 5. The van der Waals surface area contributed by atoms with Gasteiger partial charge in [-0.2, -0.15) is 5.10 Å². The van der Waals surface area contributed by atoms with Crippen molar-refractivity contribution in [1.29, 1.82) is 0 Å². The molecule has 9 heteroatoms. The Morgan fingerprint density at radius 1 is 1.00 bits per heavy atom. The highest BCUT2D eigenvalue weighted by Crippen LogP contribution is 2.37. The van der Waals surface area contributed by atoms with Gasteiger partial charge >= 0.3 is 6.03 Å². The number of nitrogens with one attached hydrogen (secondary N) is 3. The number of anilines is 3. The molecule has 0 aliphatic carbocycles. The van der Waals surface area contributed by atoms with Crippen molar-refractivity contribution in [2.24, 2.45) is 5.73 Å². The third-order valence-electron chi connectivity index (χ3n) is 5.48. The molecule has 2 heterocycles. The third kappa shape index (κ3) is 3.70. The number of halogens is 1. The quantitative estimate of drug-likeness (QED) is 0.278. The average molecular weight is 441 g/mol. The maximum atomic E-state index is 13.7. The van der Waals surface area contributed by atoms with Crippen LogP contribution in [0.4, 0.5) is 26.4 Å². The standard InChI is InChI=1S/C24H20FN7O/c25-19-7-5-14(11-13(19)12-26)29-24(33)30-20-8-6-16(15-3-1-2-4-17(15)20)18-9-10-28-23-21(18)22(27)31-32-23/h1-11H,12,26H2,(H2,29,30,33)(H3,27,28,31,32). The summed E-state index contributed by atoms with van der Waals surface area (Å²) in [6, 6.07) is 17.2. The lowest BCUT2D eigenvalue weighted by molar-refractivity contribution is 0.262. The Hall–Kier alpha value is -4.50. The number of fused-ring (bicyclic) bond motifs is 2. The normalized spacial score (nSPS) is 11.1. The molecule has 33 heavy (non-hydrogen) atoms. The minimum atomic E-state index is -0.451. The molecule has 3 aromatic carbocycles. The molecule has 0 fully saturated rings. The van der Waals surface area contributed by atoms with Crippen LogP contribution in [-0.4, -0.2) is 21.2 Å². The molecular formula is C24H20FN7O. The molecule has 0 atom stereocenters. The van der Waals surface area contributed by atoms with Crippen LogP contribution in [0.3, 0.4) is 0 Å². The molecule has 0 radical (unpaired) electrons. The van der Waals surface area contributed by atoms with Crippen LogP contribution in [0, 0.1) is 5.82 Å². The van der Waals surface area contributed by atoms with Gasteiger partial charge in [0.2, 0.25) is 0 Å². The summed E-state index contributed by atoms with van der Waals surface area (Å²) in [5, 5.41) is 15.0. The lowest BCUT2D eigenvalue weighted by atomic mass is 9.96. The van der Waals surface area contributed by atoms with Crippen molar-refractivity contribution in [3.05, 3.63) is 78.2 Å². The molecule has 7 N–H and O–H groups in total. The smallest absolute Gasteiger partial charge is 0.323 e. The Morgan fingerprint density at radius 3 is 2.64 bits per heavy atom. The van der Waals surface area contributed by atoms with E-state index in [9.17, 15) is 9.18 Å². The number of hydrogen-bond acceptors (Lipinski definition) is 5. The molecule has 0 unspecified atom stereocenters. The van der Waals surface area contributed by atoms with E-state index in [1.54, 1.807) is 6.20 Å². The molecular weight excluding hydrogens is 421 g/mol. The Bertz CT molecular complexity index is 1510. The summed E-state index contributed by atoms with van der Waals surface area (Å²) in [4.78, 5) is 17.0. The van der Waals surface area contributed by atoms with Crippen LogP contribution in [0.15, 0.2) is 66.9 Å². The molecule has 2 amide bonds. The van der Waals surface area contributed by atoms with Crippen molar-refractivity contribution in [2.75, 3.05) is 16.4 Å².